The van der Waals surface area contributed by atoms with Crippen LogP contribution in [0.5, 0.6) is 0 Å². The van der Waals surface area contributed by atoms with Crippen LogP contribution in [0.4, 0.5) is 0 Å². The van der Waals surface area contributed by atoms with Crippen LogP contribution < -0.4 is 5.32 Å². The lowest BCUT2D eigenvalue weighted by Crippen LogP contribution is -2.48. The maximum atomic E-state index is 12.3. The number of amides is 1. The van der Waals surface area contributed by atoms with Crippen LogP contribution in [-0.2, 0) is 10.3 Å². The van der Waals surface area contributed by atoms with Crippen LogP contribution in [0.25, 0.3) is 0 Å². The number of carbonyl (C=O) groups is 1. The summed E-state index contributed by atoms with van der Waals surface area (Å²) in [7, 11) is 0. The standard InChI is InChI=1S/C16H23NO/c1-15(2,3)14(18)17-16(11-7-8-12-16)13-9-5-4-6-10-13/h4-6,9-10H,7-8,11-12H2,1-3H3,(H,17,18). The van der Waals surface area contributed by atoms with Gasteiger partial charge >= 0.3 is 0 Å². The highest BCUT2D eigenvalue weighted by atomic mass is 16.2. The Kier molecular flexibility index (Phi) is 3.47. The first kappa shape index (κ1) is 13.1. The SMILES string of the molecule is CC(C)(C)C(=O)NC1(c2ccccc2)CCCC1. The van der Waals surface area contributed by atoms with Crippen LogP contribution in [-0.4, -0.2) is 5.91 Å². The highest BCUT2D eigenvalue weighted by Crippen LogP contribution is 2.39. The van der Waals surface area contributed by atoms with Gasteiger partial charge in [-0.05, 0) is 18.4 Å². The fraction of sp³-hybridized carbons (Fsp3) is 0.562. The van der Waals surface area contributed by atoms with Crippen molar-refractivity contribution in [1.29, 1.82) is 0 Å². The monoisotopic (exact) mass is 245 g/mol. The van der Waals surface area contributed by atoms with Crippen LogP contribution in [0.2, 0.25) is 0 Å². The molecule has 0 radical (unpaired) electrons. The molecule has 0 heterocycles. The van der Waals surface area contributed by atoms with E-state index in [1.807, 2.05) is 26.8 Å². The number of hydrogen-bond acceptors (Lipinski definition) is 1. The molecular weight excluding hydrogens is 222 g/mol. The lowest BCUT2D eigenvalue weighted by Gasteiger charge is -2.34. The molecule has 2 heteroatoms. The third-order valence-electron chi connectivity index (χ3n) is 3.82. The van der Waals surface area contributed by atoms with Gasteiger partial charge in [-0.25, -0.2) is 0 Å². The highest BCUT2D eigenvalue weighted by molar-refractivity contribution is 5.82. The van der Waals surface area contributed by atoms with Crippen LogP contribution in [0.15, 0.2) is 30.3 Å². The number of benzene rings is 1. The minimum atomic E-state index is -0.329. The summed E-state index contributed by atoms with van der Waals surface area (Å²) in [4.78, 5) is 12.3. The Morgan fingerprint density at radius 2 is 1.67 bits per heavy atom. The van der Waals surface area contributed by atoms with E-state index in [0.29, 0.717) is 0 Å². The minimum Gasteiger partial charge on any atom is -0.346 e. The van der Waals surface area contributed by atoms with E-state index in [9.17, 15) is 4.79 Å². The summed E-state index contributed by atoms with van der Waals surface area (Å²) in [5.74, 6) is 0.147. The van der Waals surface area contributed by atoms with Crippen molar-refractivity contribution in [3.8, 4) is 0 Å². The number of carbonyl (C=O) groups excluding carboxylic acids is 1. The summed E-state index contributed by atoms with van der Waals surface area (Å²) in [6, 6.07) is 10.4. The smallest absolute Gasteiger partial charge is 0.226 e. The molecule has 2 rings (SSSR count). The Bertz CT molecular complexity index is 410. The van der Waals surface area contributed by atoms with Crippen LogP contribution in [0.3, 0.4) is 0 Å². The summed E-state index contributed by atoms with van der Waals surface area (Å²) < 4.78 is 0. The summed E-state index contributed by atoms with van der Waals surface area (Å²) in [6.45, 7) is 5.90. The van der Waals surface area contributed by atoms with Crippen molar-refractivity contribution < 1.29 is 4.79 Å². The lowest BCUT2D eigenvalue weighted by molar-refractivity contribution is -0.130. The van der Waals surface area contributed by atoms with E-state index in [0.717, 1.165) is 12.8 Å². The average molecular weight is 245 g/mol. The molecule has 1 amide bonds. The third kappa shape index (κ3) is 2.58. The van der Waals surface area contributed by atoms with Gasteiger partial charge in [0.25, 0.3) is 0 Å². The van der Waals surface area contributed by atoms with Gasteiger partial charge in [0.1, 0.15) is 0 Å². The van der Waals surface area contributed by atoms with Crippen molar-refractivity contribution in [3.05, 3.63) is 35.9 Å². The maximum absolute atomic E-state index is 12.3. The fourth-order valence-corrected chi connectivity index (χ4v) is 2.63. The maximum Gasteiger partial charge on any atom is 0.226 e. The molecule has 1 aliphatic carbocycles. The predicted molar refractivity (Wildman–Crippen MR) is 74.2 cm³/mol. The Morgan fingerprint density at radius 1 is 1.11 bits per heavy atom. The van der Waals surface area contributed by atoms with Gasteiger partial charge in [-0.2, -0.15) is 0 Å². The summed E-state index contributed by atoms with van der Waals surface area (Å²) in [6.07, 6.45) is 4.50. The van der Waals surface area contributed by atoms with Gasteiger partial charge in [0.2, 0.25) is 5.91 Å². The molecule has 18 heavy (non-hydrogen) atoms. The second kappa shape index (κ2) is 4.75. The van der Waals surface area contributed by atoms with Crippen LogP contribution >= 0.6 is 0 Å². The van der Waals surface area contributed by atoms with Crippen molar-refractivity contribution in [3.63, 3.8) is 0 Å². The average Bonchev–Trinajstić information content (AvgIpc) is 2.79. The number of hydrogen-bond donors (Lipinski definition) is 1. The zero-order valence-electron chi connectivity index (χ0n) is 11.6. The quantitative estimate of drug-likeness (QED) is 0.847. The molecule has 0 bridgehead atoms. The Labute approximate surface area is 110 Å². The second-order valence-corrected chi connectivity index (χ2v) is 6.36. The van der Waals surface area contributed by atoms with E-state index in [4.69, 9.17) is 0 Å². The Balaban J connectivity index is 2.26. The molecule has 0 spiro atoms. The van der Waals surface area contributed by atoms with Gasteiger partial charge in [0.15, 0.2) is 0 Å². The predicted octanol–water partition coefficient (Wildman–Crippen LogP) is 3.62. The topological polar surface area (TPSA) is 29.1 Å². The molecule has 0 unspecified atom stereocenters. The molecule has 98 valence electrons. The van der Waals surface area contributed by atoms with Gasteiger partial charge in [-0.3, -0.25) is 4.79 Å². The lowest BCUT2D eigenvalue weighted by atomic mass is 9.85. The molecule has 1 aromatic carbocycles. The second-order valence-electron chi connectivity index (χ2n) is 6.36. The van der Waals surface area contributed by atoms with Crippen LogP contribution in [0.1, 0.15) is 52.0 Å². The van der Waals surface area contributed by atoms with Crippen molar-refractivity contribution in [2.45, 2.75) is 52.0 Å². The van der Waals surface area contributed by atoms with E-state index in [1.54, 1.807) is 0 Å². The van der Waals surface area contributed by atoms with Crippen LogP contribution in [0, 0.1) is 5.41 Å². The molecule has 1 aromatic rings. The van der Waals surface area contributed by atoms with Gasteiger partial charge in [0.05, 0.1) is 5.54 Å². The first-order chi connectivity index (χ1) is 8.44. The first-order valence-corrected chi connectivity index (χ1v) is 6.82. The first-order valence-electron chi connectivity index (χ1n) is 6.82. The normalized spacial score (nSPS) is 18.6. The van der Waals surface area contributed by atoms with Crippen molar-refractivity contribution in [2.24, 2.45) is 5.41 Å². The Hall–Kier alpha value is -1.31. The summed E-state index contributed by atoms with van der Waals surface area (Å²) >= 11 is 0. The van der Waals surface area contributed by atoms with Gasteiger partial charge in [-0.15, -0.1) is 0 Å². The van der Waals surface area contributed by atoms with Gasteiger partial charge in [-0.1, -0.05) is 63.9 Å². The van der Waals surface area contributed by atoms with E-state index >= 15 is 0 Å². The Morgan fingerprint density at radius 3 is 2.17 bits per heavy atom. The molecule has 1 saturated carbocycles. The van der Waals surface area contributed by atoms with Crippen molar-refractivity contribution in [2.75, 3.05) is 0 Å². The van der Waals surface area contributed by atoms with E-state index < -0.39 is 0 Å². The van der Waals surface area contributed by atoms with Gasteiger partial charge in [0, 0.05) is 5.41 Å². The zero-order chi connectivity index (χ0) is 13.2. The molecule has 1 fully saturated rings. The summed E-state index contributed by atoms with van der Waals surface area (Å²) in [5, 5.41) is 3.31. The minimum absolute atomic E-state index is 0.133. The molecule has 0 saturated heterocycles. The fourth-order valence-electron chi connectivity index (χ4n) is 2.63. The molecule has 2 nitrogen and oxygen atoms in total. The summed E-state index contributed by atoms with van der Waals surface area (Å²) in [5.41, 5.74) is 0.788. The van der Waals surface area contributed by atoms with Gasteiger partial charge < -0.3 is 5.32 Å². The number of nitrogens with one attached hydrogen (secondary N) is 1. The molecule has 0 aliphatic heterocycles. The third-order valence-corrected chi connectivity index (χ3v) is 3.82. The van der Waals surface area contributed by atoms with E-state index in [1.165, 1.54) is 18.4 Å². The molecular formula is C16H23NO. The molecule has 0 aromatic heterocycles. The van der Waals surface area contributed by atoms with Crippen molar-refractivity contribution in [1.82, 2.24) is 5.32 Å². The molecule has 1 N–H and O–H groups in total. The highest BCUT2D eigenvalue weighted by Gasteiger charge is 2.38. The zero-order valence-corrected chi connectivity index (χ0v) is 11.6. The van der Waals surface area contributed by atoms with Crippen molar-refractivity contribution >= 4 is 5.91 Å². The largest absolute Gasteiger partial charge is 0.346 e. The number of rotatable bonds is 2. The van der Waals surface area contributed by atoms with E-state index in [-0.39, 0.29) is 16.9 Å². The molecule has 1 aliphatic rings. The van der Waals surface area contributed by atoms with E-state index in [2.05, 4.69) is 29.6 Å². The molecule has 0 atom stereocenters.